The predicted molar refractivity (Wildman–Crippen MR) is 102 cm³/mol. The van der Waals surface area contributed by atoms with E-state index in [9.17, 15) is 0 Å². The van der Waals surface area contributed by atoms with E-state index >= 15 is 0 Å². The third kappa shape index (κ3) is 2.91. The first-order valence-corrected chi connectivity index (χ1v) is 10.5. The quantitative estimate of drug-likeness (QED) is 0.679. The maximum Gasteiger partial charge on any atom is 0.119 e. The Hall–Kier alpha value is -1.02. The van der Waals surface area contributed by atoms with Gasteiger partial charge in [0.05, 0.1) is 12.7 Å². The minimum absolute atomic E-state index is 0.416. The largest absolute Gasteiger partial charge is 0.494 e. The predicted octanol–water partition coefficient (Wildman–Crippen LogP) is 5.74. The first-order valence-electron chi connectivity index (χ1n) is 10.5. The zero-order chi connectivity index (χ0) is 17.4. The Morgan fingerprint density at radius 2 is 2.00 bits per heavy atom. The molecule has 0 amide bonds. The summed E-state index contributed by atoms with van der Waals surface area (Å²) in [5, 5.41) is 0. The third-order valence-electron chi connectivity index (χ3n) is 7.45. The van der Waals surface area contributed by atoms with Crippen molar-refractivity contribution in [3.8, 4) is 5.75 Å². The van der Waals surface area contributed by atoms with E-state index in [2.05, 4.69) is 39.0 Å². The Morgan fingerprint density at radius 1 is 1.12 bits per heavy atom. The van der Waals surface area contributed by atoms with Gasteiger partial charge in [-0.15, -0.1) is 0 Å². The summed E-state index contributed by atoms with van der Waals surface area (Å²) in [5.74, 6) is 3.55. The molecule has 1 aromatic carbocycles. The van der Waals surface area contributed by atoms with Crippen LogP contribution in [0.4, 0.5) is 0 Å². The fraction of sp³-hybridized carbons (Fsp3) is 0.739. The Morgan fingerprint density at radius 3 is 2.80 bits per heavy atom. The van der Waals surface area contributed by atoms with E-state index in [1.165, 1.54) is 38.5 Å². The first-order chi connectivity index (χ1) is 12.2. The second-order valence-electron chi connectivity index (χ2n) is 8.69. The van der Waals surface area contributed by atoms with Crippen LogP contribution < -0.4 is 4.74 Å². The van der Waals surface area contributed by atoms with Crippen molar-refractivity contribution in [2.45, 2.75) is 77.7 Å². The molecule has 2 nitrogen and oxygen atoms in total. The minimum Gasteiger partial charge on any atom is -0.494 e. The lowest BCUT2D eigenvalue weighted by Gasteiger charge is -2.50. The van der Waals surface area contributed by atoms with Gasteiger partial charge in [0.1, 0.15) is 5.75 Å². The van der Waals surface area contributed by atoms with Crippen LogP contribution in [0, 0.1) is 17.3 Å². The zero-order valence-corrected chi connectivity index (χ0v) is 16.2. The van der Waals surface area contributed by atoms with E-state index in [1.807, 2.05) is 0 Å². The van der Waals surface area contributed by atoms with Crippen LogP contribution in [0.3, 0.4) is 0 Å². The molecule has 0 radical (unpaired) electrons. The molecule has 4 rings (SSSR count). The highest BCUT2D eigenvalue weighted by molar-refractivity contribution is 5.40. The van der Waals surface area contributed by atoms with Gasteiger partial charge in [-0.3, -0.25) is 0 Å². The number of aryl methyl sites for hydroxylation is 1. The molecule has 0 heterocycles. The average Bonchev–Trinajstić information content (AvgIpc) is 2.96. The number of ether oxygens (including phenoxy) is 2. The molecule has 2 heteroatoms. The summed E-state index contributed by atoms with van der Waals surface area (Å²) in [4.78, 5) is 0. The monoisotopic (exact) mass is 342 g/mol. The van der Waals surface area contributed by atoms with Gasteiger partial charge in [0, 0.05) is 6.61 Å². The van der Waals surface area contributed by atoms with Gasteiger partial charge in [-0.05, 0) is 98.3 Å². The summed E-state index contributed by atoms with van der Waals surface area (Å²) in [6.45, 7) is 8.53. The lowest BCUT2D eigenvalue weighted by Crippen LogP contribution is -2.44. The maximum absolute atomic E-state index is 6.16. The Kier molecular flexibility index (Phi) is 4.83. The molecule has 2 saturated carbocycles. The molecular formula is C23H34O2. The lowest BCUT2D eigenvalue weighted by molar-refractivity contribution is -0.0600. The fourth-order valence-electron chi connectivity index (χ4n) is 6.30. The summed E-state index contributed by atoms with van der Waals surface area (Å²) in [6, 6.07) is 6.92. The van der Waals surface area contributed by atoms with Crippen LogP contribution in [-0.4, -0.2) is 19.3 Å². The smallest absolute Gasteiger partial charge is 0.119 e. The number of hydrogen-bond donors (Lipinski definition) is 0. The van der Waals surface area contributed by atoms with Gasteiger partial charge in [-0.1, -0.05) is 19.9 Å². The molecular weight excluding hydrogens is 308 g/mol. The van der Waals surface area contributed by atoms with Crippen LogP contribution in [0.15, 0.2) is 18.2 Å². The standard InChI is InChI=1S/C23H34O2/c1-4-14-25-17-7-9-18-16(15-17)6-8-20-19(18)12-13-23(3)21(20)10-11-22(23)24-5-2/h7,9,15,19-22H,4-6,8,10-14H2,1-3H3/t19-,20-,21+,22?,23+/m1/s1. The Bertz CT molecular complexity index is 610. The topological polar surface area (TPSA) is 18.5 Å². The summed E-state index contributed by atoms with van der Waals surface area (Å²) < 4.78 is 12.0. The normalized spacial score (nSPS) is 36.4. The molecule has 138 valence electrons. The summed E-state index contributed by atoms with van der Waals surface area (Å²) in [6.07, 6.45) is 9.46. The third-order valence-corrected chi connectivity index (χ3v) is 7.45. The summed E-state index contributed by atoms with van der Waals surface area (Å²) in [5.41, 5.74) is 3.60. The molecule has 3 aliphatic carbocycles. The maximum atomic E-state index is 6.16. The van der Waals surface area contributed by atoms with Gasteiger partial charge < -0.3 is 9.47 Å². The number of fused-ring (bicyclic) bond motifs is 5. The van der Waals surface area contributed by atoms with Crippen molar-refractivity contribution in [2.24, 2.45) is 17.3 Å². The van der Waals surface area contributed by atoms with Crippen LogP contribution >= 0.6 is 0 Å². The Labute approximate surface area is 153 Å². The average molecular weight is 343 g/mol. The van der Waals surface area contributed by atoms with Gasteiger partial charge in [-0.2, -0.15) is 0 Å². The highest BCUT2D eigenvalue weighted by Crippen LogP contribution is 2.61. The van der Waals surface area contributed by atoms with Crippen LogP contribution in [-0.2, 0) is 11.2 Å². The number of benzene rings is 1. The van der Waals surface area contributed by atoms with E-state index in [4.69, 9.17) is 9.47 Å². The first kappa shape index (κ1) is 17.4. The van der Waals surface area contributed by atoms with E-state index < -0.39 is 0 Å². The molecule has 0 saturated heterocycles. The van der Waals surface area contributed by atoms with Gasteiger partial charge in [-0.25, -0.2) is 0 Å². The van der Waals surface area contributed by atoms with Crippen molar-refractivity contribution in [1.82, 2.24) is 0 Å². The zero-order valence-electron chi connectivity index (χ0n) is 16.2. The van der Waals surface area contributed by atoms with Gasteiger partial charge in [0.2, 0.25) is 0 Å². The molecule has 0 spiro atoms. The minimum atomic E-state index is 0.416. The molecule has 3 aliphatic rings. The molecule has 1 aromatic rings. The second kappa shape index (κ2) is 6.95. The van der Waals surface area contributed by atoms with E-state index in [0.29, 0.717) is 11.5 Å². The molecule has 0 bridgehead atoms. The summed E-state index contributed by atoms with van der Waals surface area (Å²) in [7, 11) is 0. The molecule has 25 heavy (non-hydrogen) atoms. The second-order valence-corrected chi connectivity index (χ2v) is 8.69. The molecule has 2 fully saturated rings. The highest BCUT2D eigenvalue weighted by Gasteiger charge is 2.55. The van der Waals surface area contributed by atoms with Crippen LogP contribution in [0.1, 0.15) is 76.3 Å². The Balaban J connectivity index is 1.56. The van der Waals surface area contributed by atoms with E-state index in [-0.39, 0.29) is 0 Å². The van der Waals surface area contributed by atoms with Crippen molar-refractivity contribution in [3.05, 3.63) is 29.3 Å². The van der Waals surface area contributed by atoms with Crippen LogP contribution in [0.25, 0.3) is 0 Å². The van der Waals surface area contributed by atoms with Crippen LogP contribution in [0.5, 0.6) is 5.75 Å². The van der Waals surface area contributed by atoms with E-state index in [1.54, 1.807) is 11.1 Å². The molecule has 0 aromatic heterocycles. The molecule has 0 aliphatic heterocycles. The SMILES string of the molecule is CCCOc1ccc2c(c1)CC[C@@H]1[C@@H]2CC[C@]2(C)C(OCC)CC[C@@H]12. The van der Waals surface area contributed by atoms with Crippen molar-refractivity contribution in [1.29, 1.82) is 0 Å². The lowest BCUT2D eigenvalue weighted by atomic mass is 9.55. The van der Waals surface area contributed by atoms with E-state index in [0.717, 1.165) is 43.1 Å². The number of rotatable bonds is 5. The van der Waals surface area contributed by atoms with Gasteiger partial charge in [0.25, 0.3) is 0 Å². The molecule has 5 atom stereocenters. The van der Waals surface area contributed by atoms with Crippen molar-refractivity contribution in [3.63, 3.8) is 0 Å². The fourth-order valence-corrected chi connectivity index (χ4v) is 6.30. The number of hydrogen-bond acceptors (Lipinski definition) is 2. The van der Waals surface area contributed by atoms with Crippen molar-refractivity contribution < 1.29 is 9.47 Å². The van der Waals surface area contributed by atoms with Crippen LogP contribution in [0.2, 0.25) is 0 Å². The highest BCUT2D eigenvalue weighted by atomic mass is 16.5. The van der Waals surface area contributed by atoms with Gasteiger partial charge >= 0.3 is 0 Å². The van der Waals surface area contributed by atoms with Crippen molar-refractivity contribution >= 4 is 0 Å². The molecule has 1 unspecified atom stereocenters. The van der Waals surface area contributed by atoms with Gasteiger partial charge in [0.15, 0.2) is 0 Å². The molecule has 0 N–H and O–H groups in total. The van der Waals surface area contributed by atoms with Crippen molar-refractivity contribution in [2.75, 3.05) is 13.2 Å². The summed E-state index contributed by atoms with van der Waals surface area (Å²) >= 11 is 0.